The third kappa shape index (κ3) is 61.7. The van der Waals surface area contributed by atoms with Crippen molar-refractivity contribution in [1.29, 1.82) is 0 Å². The molecule has 0 spiro atoms. The van der Waals surface area contributed by atoms with Crippen molar-refractivity contribution in [1.82, 2.24) is 0 Å². The van der Waals surface area contributed by atoms with E-state index in [1.165, 1.54) is 193 Å². The Bertz CT molecular complexity index is 1400. The molecule has 0 saturated heterocycles. The summed E-state index contributed by atoms with van der Waals surface area (Å²) in [6.07, 6.45) is 83.3. The van der Waals surface area contributed by atoms with Gasteiger partial charge in [0.15, 0.2) is 6.10 Å². The lowest BCUT2D eigenvalue weighted by atomic mass is 10.0. The SMILES string of the molecule is CC/C=C\C/C=C\C/C=C\C/C=C\C/C=C\C/C=C\CCCCCCCCCCC(=O)OCC(COC(=O)CCCCCCCCCCCCCCCC)OC(=O)CCCCCCCCCCCCCCCCCCC. The van der Waals surface area contributed by atoms with Crippen LogP contribution in [0.3, 0.4) is 0 Å². The van der Waals surface area contributed by atoms with Gasteiger partial charge in [-0.25, -0.2) is 0 Å². The number of allylic oxidation sites excluding steroid dienone is 12. The molecule has 0 aliphatic rings. The smallest absolute Gasteiger partial charge is 0.306 e. The third-order valence-electron chi connectivity index (χ3n) is 14.5. The van der Waals surface area contributed by atoms with Gasteiger partial charge in [-0.3, -0.25) is 14.4 Å². The minimum Gasteiger partial charge on any atom is -0.462 e. The first-order valence-electron chi connectivity index (χ1n) is 32.9. The van der Waals surface area contributed by atoms with E-state index in [0.717, 1.165) is 103 Å². The highest BCUT2D eigenvalue weighted by atomic mass is 16.6. The second-order valence-electron chi connectivity index (χ2n) is 22.0. The van der Waals surface area contributed by atoms with Gasteiger partial charge in [0.1, 0.15) is 13.2 Å². The molecule has 1 unspecified atom stereocenters. The van der Waals surface area contributed by atoms with Crippen LogP contribution in [0.1, 0.15) is 335 Å². The van der Waals surface area contributed by atoms with Crippen molar-refractivity contribution in [3.8, 4) is 0 Å². The maximum Gasteiger partial charge on any atom is 0.306 e. The lowest BCUT2D eigenvalue weighted by Gasteiger charge is -2.18. The normalized spacial score (nSPS) is 12.5. The molecule has 1 atom stereocenters. The molecule has 0 bridgehead atoms. The van der Waals surface area contributed by atoms with Gasteiger partial charge in [0, 0.05) is 19.3 Å². The van der Waals surface area contributed by atoms with Crippen molar-refractivity contribution < 1.29 is 28.6 Å². The molecular weight excluding hydrogens is 937 g/mol. The van der Waals surface area contributed by atoms with E-state index in [1.54, 1.807) is 0 Å². The number of rotatable bonds is 60. The van der Waals surface area contributed by atoms with Crippen molar-refractivity contribution in [2.45, 2.75) is 341 Å². The highest BCUT2D eigenvalue weighted by Crippen LogP contribution is 2.17. The first-order valence-corrected chi connectivity index (χ1v) is 32.9. The average Bonchev–Trinajstić information content (AvgIpc) is 3.42. The number of unbranched alkanes of at least 4 members (excludes halogenated alkanes) is 37. The van der Waals surface area contributed by atoms with Gasteiger partial charge in [0.05, 0.1) is 0 Å². The van der Waals surface area contributed by atoms with Crippen LogP contribution in [0.5, 0.6) is 0 Å². The van der Waals surface area contributed by atoms with Gasteiger partial charge in [-0.1, -0.05) is 318 Å². The first-order chi connectivity index (χ1) is 37.5. The van der Waals surface area contributed by atoms with Crippen molar-refractivity contribution in [2.75, 3.05) is 13.2 Å². The molecular formula is C70H124O6. The van der Waals surface area contributed by atoms with Crippen molar-refractivity contribution in [3.05, 3.63) is 72.9 Å². The Kier molecular flexibility index (Phi) is 61.7. The van der Waals surface area contributed by atoms with Crippen molar-refractivity contribution in [3.63, 3.8) is 0 Å². The molecule has 0 heterocycles. The minimum atomic E-state index is -0.776. The number of hydrogen-bond donors (Lipinski definition) is 0. The Morgan fingerprint density at radius 3 is 0.803 bits per heavy atom. The summed E-state index contributed by atoms with van der Waals surface area (Å²) < 4.78 is 17.0. The molecule has 0 radical (unpaired) electrons. The summed E-state index contributed by atoms with van der Waals surface area (Å²) in [4.78, 5) is 38.3. The predicted molar refractivity (Wildman–Crippen MR) is 330 cm³/mol. The van der Waals surface area contributed by atoms with Crippen LogP contribution in [-0.4, -0.2) is 37.2 Å². The van der Waals surface area contributed by atoms with Crippen LogP contribution in [0.15, 0.2) is 72.9 Å². The average molecular weight is 1060 g/mol. The summed E-state index contributed by atoms with van der Waals surface area (Å²) in [6.45, 7) is 6.57. The summed E-state index contributed by atoms with van der Waals surface area (Å²) in [6, 6.07) is 0. The number of carbonyl (C=O) groups excluding carboxylic acids is 3. The number of esters is 3. The first kappa shape index (κ1) is 72.8. The topological polar surface area (TPSA) is 78.9 Å². The molecule has 0 aromatic heterocycles. The summed E-state index contributed by atoms with van der Waals surface area (Å²) in [5.74, 6) is -0.861. The Morgan fingerprint density at radius 1 is 0.276 bits per heavy atom. The molecule has 0 aliphatic carbocycles. The maximum absolute atomic E-state index is 12.9. The Hall–Kier alpha value is -3.15. The van der Waals surface area contributed by atoms with E-state index in [1.807, 2.05) is 0 Å². The predicted octanol–water partition coefficient (Wildman–Crippen LogP) is 22.5. The zero-order valence-electron chi connectivity index (χ0n) is 50.5. The molecule has 0 aromatic rings. The van der Waals surface area contributed by atoms with E-state index in [2.05, 4.69) is 93.7 Å². The maximum atomic E-state index is 12.9. The lowest BCUT2D eigenvalue weighted by Crippen LogP contribution is -2.30. The van der Waals surface area contributed by atoms with E-state index < -0.39 is 6.10 Å². The van der Waals surface area contributed by atoms with E-state index >= 15 is 0 Å². The van der Waals surface area contributed by atoms with Gasteiger partial charge in [0.2, 0.25) is 0 Å². The fraction of sp³-hybridized carbons (Fsp3) is 0.786. The van der Waals surface area contributed by atoms with E-state index in [9.17, 15) is 14.4 Å². The standard InChI is InChI=1S/C70H124O6/c1-4-7-10-13-16-19-22-25-28-30-31-32-33-34-35-36-37-38-39-41-42-45-48-51-54-57-60-63-69(72)75-66-67(65-74-68(71)62-59-56-53-50-47-44-27-24-21-18-15-12-9-6-3)76-70(73)64-61-58-55-52-49-46-43-40-29-26-23-20-17-14-11-8-5-2/h7,10,16,19,25,28,31-32,34-35,37-38,67H,4-6,8-9,11-15,17-18,20-24,26-27,29-30,33,36,39-66H2,1-3H3/b10-7-,19-16-,28-25-,32-31-,35-34-,38-37-. The molecule has 76 heavy (non-hydrogen) atoms. The van der Waals surface area contributed by atoms with Crippen LogP contribution in [-0.2, 0) is 28.6 Å². The summed E-state index contributed by atoms with van der Waals surface area (Å²) in [5.41, 5.74) is 0. The summed E-state index contributed by atoms with van der Waals surface area (Å²) in [7, 11) is 0. The highest BCUT2D eigenvalue weighted by Gasteiger charge is 2.19. The quantitative estimate of drug-likeness (QED) is 0.0261. The van der Waals surface area contributed by atoms with Crippen LogP contribution in [0.4, 0.5) is 0 Å². The van der Waals surface area contributed by atoms with Crippen LogP contribution in [0, 0.1) is 0 Å². The van der Waals surface area contributed by atoms with Crippen molar-refractivity contribution in [2.24, 2.45) is 0 Å². The summed E-state index contributed by atoms with van der Waals surface area (Å²) in [5, 5.41) is 0. The monoisotopic (exact) mass is 1060 g/mol. The fourth-order valence-electron chi connectivity index (χ4n) is 9.57. The summed E-state index contributed by atoms with van der Waals surface area (Å²) >= 11 is 0. The van der Waals surface area contributed by atoms with Crippen LogP contribution >= 0.6 is 0 Å². The zero-order chi connectivity index (χ0) is 55.0. The molecule has 0 aliphatic heterocycles. The number of carbonyl (C=O) groups is 3. The molecule has 0 saturated carbocycles. The van der Waals surface area contributed by atoms with E-state index in [0.29, 0.717) is 19.3 Å². The molecule has 0 N–H and O–H groups in total. The highest BCUT2D eigenvalue weighted by molar-refractivity contribution is 5.71. The zero-order valence-corrected chi connectivity index (χ0v) is 50.5. The van der Waals surface area contributed by atoms with Gasteiger partial charge < -0.3 is 14.2 Å². The largest absolute Gasteiger partial charge is 0.462 e. The van der Waals surface area contributed by atoms with Crippen LogP contribution in [0.25, 0.3) is 0 Å². The third-order valence-corrected chi connectivity index (χ3v) is 14.5. The molecule has 0 amide bonds. The minimum absolute atomic E-state index is 0.0725. The Balaban J connectivity index is 4.30. The van der Waals surface area contributed by atoms with Crippen LogP contribution < -0.4 is 0 Å². The molecule has 6 nitrogen and oxygen atoms in total. The van der Waals surface area contributed by atoms with Gasteiger partial charge in [0.25, 0.3) is 0 Å². The number of hydrogen-bond acceptors (Lipinski definition) is 6. The second-order valence-corrected chi connectivity index (χ2v) is 22.0. The van der Waals surface area contributed by atoms with Gasteiger partial charge in [-0.15, -0.1) is 0 Å². The second kappa shape index (κ2) is 64.4. The molecule has 440 valence electrons. The number of ether oxygens (including phenoxy) is 3. The van der Waals surface area contributed by atoms with E-state index in [4.69, 9.17) is 14.2 Å². The molecule has 0 rings (SSSR count). The molecule has 0 fully saturated rings. The van der Waals surface area contributed by atoms with Crippen molar-refractivity contribution >= 4 is 17.9 Å². The van der Waals surface area contributed by atoms with Gasteiger partial charge in [-0.2, -0.15) is 0 Å². The lowest BCUT2D eigenvalue weighted by molar-refractivity contribution is -0.167. The Labute approximate surface area is 472 Å². The molecule has 0 aromatic carbocycles. The molecule has 6 heteroatoms. The van der Waals surface area contributed by atoms with Crippen LogP contribution in [0.2, 0.25) is 0 Å². The van der Waals surface area contributed by atoms with Gasteiger partial charge in [-0.05, 0) is 70.6 Å². The van der Waals surface area contributed by atoms with E-state index in [-0.39, 0.29) is 31.1 Å². The van der Waals surface area contributed by atoms with Gasteiger partial charge >= 0.3 is 17.9 Å². The Morgan fingerprint density at radius 2 is 0.513 bits per heavy atom. The fourth-order valence-corrected chi connectivity index (χ4v) is 9.57.